The summed E-state index contributed by atoms with van der Waals surface area (Å²) >= 11 is 0. The van der Waals surface area contributed by atoms with Crippen LogP contribution in [-0.4, -0.2) is 25.3 Å². The van der Waals surface area contributed by atoms with E-state index in [1.807, 2.05) is 24.3 Å². The van der Waals surface area contributed by atoms with Crippen molar-refractivity contribution in [1.29, 1.82) is 0 Å². The molecule has 0 fully saturated rings. The zero-order valence-corrected chi connectivity index (χ0v) is 10.9. The molecule has 0 bridgehead atoms. The molecule has 2 N–H and O–H groups in total. The largest absolute Gasteiger partial charge is 0.505 e. The summed E-state index contributed by atoms with van der Waals surface area (Å²) in [5, 5.41) is 23.7. The van der Waals surface area contributed by atoms with Crippen LogP contribution < -0.4 is 5.32 Å². The van der Waals surface area contributed by atoms with E-state index in [0.717, 1.165) is 11.4 Å². The second-order valence-electron chi connectivity index (χ2n) is 4.41. The van der Waals surface area contributed by atoms with Gasteiger partial charge in [-0.15, -0.1) is 5.10 Å². The minimum Gasteiger partial charge on any atom is -0.505 e. The number of rotatable bonds is 4. The number of anilines is 1. The number of nitrogens with one attached hydrogen (secondary N) is 1. The van der Waals surface area contributed by atoms with E-state index in [1.165, 1.54) is 17.1 Å². The van der Waals surface area contributed by atoms with Gasteiger partial charge in [0.15, 0.2) is 11.6 Å². The first-order valence-electron chi connectivity index (χ1n) is 6.28. The number of phenols is 1. The predicted octanol–water partition coefficient (Wildman–Crippen LogP) is 2.12. The Kier molecular flexibility index (Phi) is 3.46. The summed E-state index contributed by atoms with van der Waals surface area (Å²) in [6, 6.07) is 11.9. The van der Waals surface area contributed by atoms with Crippen LogP contribution in [0.2, 0.25) is 0 Å². The second kappa shape index (κ2) is 5.58. The smallest absolute Gasteiger partial charge is 0.165 e. The van der Waals surface area contributed by atoms with E-state index >= 15 is 0 Å². The van der Waals surface area contributed by atoms with Crippen molar-refractivity contribution in [2.75, 3.05) is 5.32 Å². The summed E-state index contributed by atoms with van der Waals surface area (Å²) in [7, 11) is 0. The molecule has 0 amide bonds. The van der Waals surface area contributed by atoms with E-state index in [2.05, 4.69) is 20.8 Å². The number of benzene rings is 2. The Balaban J connectivity index is 1.77. The van der Waals surface area contributed by atoms with Crippen molar-refractivity contribution in [1.82, 2.24) is 20.2 Å². The molecule has 0 aliphatic carbocycles. The number of hydrogen-bond donors (Lipinski definition) is 2. The maximum Gasteiger partial charge on any atom is 0.165 e. The molecular formula is C14H12FN5O. The molecule has 3 aromatic rings. The zero-order chi connectivity index (χ0) is 14.7. The van der Waals surface area contributed by atoms with Crippen molar-refractivity contribution in [3.63, 3.8) is 0 Å². The third kappa shape index (κ3) is 2.81. The summed E-state index contributed by atoms with van der Waals surface area (Å²) in [5.74, 6) is -0.960. The Labute approximate surface area is 119 Å². The first-order valence-corrected chi connectivity index (χ1v) is 6.28. The molecular weight excluding hydrogens is 273 g/mol. The van der Waals surface area contributed by atoms with Gasteiger partial charge in [-0.25, -0.2) is 9.07 Å². The first-order chi connectivity index (χ1) is 10.2. The van der Waals surface area contributed by atoms with Gasteiger partial charge in [0.2, 0.25) is 0 Å². The molecule has 6 nitrogen and oxygen atoms in total. The quantitative estimate of drug-likeness (QED) is 0.768. The molecule has 0 saturated carbocycles. The number of hydrogen-bond acceptors (Lipinski definition) is 5. The SMILES string of the molecule is Oc1c(F)cccc1CNc1cccc(-n2cnnn2)c1. The van der Waals surface area contributed by atoms with Gasteiger partial charge < -0.3 is 10.4 Å². The highest BCUT2D eigenvalue weighted by Crippen LogP contribution is 2.22. The number of halogens is 1. The molecule has 0 unspecified atom stereocenters. The number of aromatic nitrogens is 4. The number of phenolic OH excluding ortho intramolecular Hbond substituents is 1. The molecule has 1 heterocycles. The molecule has 106 valence electrons. The van der Waals surface area contributed by atoms with Crippen LogP contribution in [0, 0.1) is 5.82 Å². The maximum absolute atomic E-state index is 13.3. The van der Waals surface area contributed by atoms with Crippen LogP contribution in [0.1, 0.15) is 5.56 Å². The Morgan fingerprint density at radius 2 is 2.05 bits per heavy atom. The monoisotopic (exact) mass is 285 g/mol. The lowest BCUT2D eigenvalue weighted by Gasteiger charge is -2.09. The molecule has 21 heavy (non-hydrogen) atoms. The summed E-state index contributed by atoms with van der Waals surface area (Å²) in [5.41, 5.74) is 2.10. The summed E-state index contributed by atoms with van der Waals surface area (Å²) in [6.45, 7) is 0.308. The minimum absolute atomic E-state index is 0.308. The van der Waals surface area contributed by atoms with E-state index in [4.69, 9.17) is 0 Å². The molecule has 2 aromatic carbocycles. The molecule has 3 rings (SSSR count). The van der Waals surface area contributed by atoms with Gasteiger partial charge in [-0.2, -0.15) is 0 Å². The summed E-state index contributed by atoms with van der Waals surface area (Å²) in [4.78, 5) is 0. The van der Waals surface area contributed by atoms with Gasteiger partial charge in [0.1, 0.15) is 6.33 Å². The normalized spacial score (nSPS) is 10.5. The summed E-state index contributed by atoms with van der Waals surface area (Å²) in [6.07, 6.45) is 1.50. The van der Waals surface area contributed by atoms with Crippen molar-refractivity contribution in [3.8, 4) is 11.4 Å². The maximum atomic E-state index is 13.3. The molecule has 0 aliphatic rings. The fourth-order valence-electron chi connectivity index (χ4n) is 1.94. The van der Waals surface area contributed by atoms with E-state index in [0.29, 0.717) is 12.1 Å². The number of tetrazole rings is 1. The van der Waals surface area contributed by atoms with Gasteiger partial charge >= 0.3 is 0 Å². The van der Waals surface area contributed by atoms with Crippen molar-refractivity contribution in [2.45, 2.75) is 6.54 Å². The first kappa shape index (κ1) is 13.0. The second-order valence-corrected chi connectivity index (χ2v) is 4.41. The highest BCUT2D eigenvalue weighted by Gasteiger charge is 2.06. The highest BCUT2D eigenvalue weighted by molar-refractivity contribution is 5.51. The topological polar surface area (TPSA) is 75.9 Å². The number of aromatic hydroxyl groups is 1. The van der Waals surface area contributed by atoms with Crippen LogP contribution in [0.5, 0.6) is 5.75 Å². The lowest BCUT2D eigenvalue weighted by molar-refractivity contribution is 0.427. The average molecular weight is 285 g/mol. The lowest BCUT2D eigenvalue weighted by atomic mass is 10.2. The predicted molar refractivity (Wildman–Crippen MR) is 74.5 cm³/mol. The van der Waals surface area contributed by atoms with Gasteiger partial charge in [-0.3, -0.25) is 0 Å². The fraction of sp³-hybridized carbons (Fsp3) is 0.0714. The van der Waals surface area contributed by atoms with E-state index in [1.54, 1.807) is 12.1 Å². The molecule has 0 aliphatic heterocycles. The van der Waals surface area contributed by atoms with E-state index < -0.39 is 5.82 Å². The minimum atomic E-state index is -0.628. The third-order valence-corrected chi connectivity index (χ3v) is 3.01. The average Bonchev–Trinajstić information content (AvgIpc) is 3.03. The van der Waals surface area contributed by atoms with Crippen molar-refractivity contribution < 1.29 is 9.50 Å². The molecule has 0 spiro atoms. The molecule has 0 atom stereocenters. The molecule has 0 saturated heterocycles. The number of para-hydroxylation sites is 1. The van der Waals surface area contributed by atoms with E-state index in [9.17, 15) is 9.50 Å². The van der Waals surface area contributed by atoms with Gasteiger partial charge in [0, 0.05) is 17.8 Å². The van der Waals surface area contributed by atoms with Gasteiger partial charge in [-0.1, -0.05) is 18.2 Å². The number of nitrogens with zero attached hydrogens (tertiary/aromatic N) is 4. The lowest BCUT2D eigenvalue weighted by Crippen LogP contribution is -2.02. The van der Waals surface area contributed by atoms with Crippen LogP contribution in [-0.2, 0) is 6.54 Å². The third-order valence-electron chi connectivity index (χ3n) is 3.01. The van der Waals surface area contributed by atoms with Gasteiger partial charge in [-0.05, 0) is 34.7 Å². The molecule has 1 aromatic heterocycles. The Bertz CT molecular complexity index is 745. The Hall–Kier alpha value is -2.96. The zero-order valence-electron chi connectivity index (χ0n) is 10.9. The van der Waals surface area contributed by atoms with Crippen molar-refractivity contribution in [2.24, 2.45) is 0 Å². The van der Waals surface area contributed by atoms with Gasteiger partial charge in [0.05, 0.1) is 5.69 Å². The van der Waals surface area contributed by atoms with Crippen LogP contribution in [0.3, 0.4) is 0 Å². The van der Waals surface area contributed by atoms with Gasteiger partial charge in [0.25, 0.3) is 0 Å². The van der Waals surface area contributed by atoms with E-state index in [-0.39, 0.29) is 5.75 Å². The van der Waals surface area contributed by atoms with Crippen molar-refractivity contribution in [3.05, 3.63) is 60.2 Å². The Morgan fingerprint density at radius 3 is 2.86 bits per heavy atom. The molecule has 7 heteroatoms. The molecule has 0 radical (unpaired) electrons. The van der Waals surface area contributed by atoms with Crippen LogP contribution in [0.25, 0.3) is 5.69 Å². The summed E-state index contributed by atoms with van der Waals surface area (Å²) < 4.78 is 14.8. The van der Waals surface area contributed by atoms with Crippen LogP contribution in [0.4, 0.5) is 10.1 Å². The van der Waals surface area contributed by atoms with Crippen molar-refractivity contribution >= 4 is 5.69 Å². The van der Waals surface area contributed by atoms with Crippen LogP contribution >= 0.6 is 0 Å². The van der Waals surface area contributed by atoms with Crippen LogP contribution in [0.15, 0.2) is 48.8 Å². The Morgan fingerprint density at radius 1 is 1.19 bits per heavy atom. The highest BCUT2D eigenvalue weighted by atomic mass is 19.1. The fourth-order valence-corrected chi connectivity index (χ4v) is 1.94. The standard InChI is InChI=1S/C14H12FN5O/c15-13-6-1-3-10(14(13)21)8-16-11-4-2-5-12(7-11)20-9-17-18-19-20/h1-7,9,16,21H,8H2.